The van der Waals surface area contributed by atoms with Gasteiger partial charge >= 0.3 is 0 Å². The van der Waals surface area contributed by atoms with E-state index >= 15 is 0 Å². The number of carbonyl (C=O) groups is 1. The molecule has 13 heteroatoms. The molecule has 0 aliphatic carbocycles. The van der Waals surface area contributed by atoms with Gasteiger partial charge in [0.15, 0.2) is 4.34 Å². The molecule has 174 valence electrons. The molecule has 1 aliphatic rings. The monoisotopic (exact) mass is 509 g/mol. The van der Waals surface area contributed by atoms with E-state index in [0.717, 1.165) is 0 Å². The summed E-state index contributed by atoms with van der Waals surface area (Å²) in [5.74, 6) is -0.673. The van der Waals surface area contributed by atoms with Crippen molar-refractivity contribution in [3.8, 4) is 0 Å². The number of rotatable bonds is 8. The minimum Gasteiger partial charge on any atom is -0.379 e. The molecule has 9 nitrogen and oxygen atoms in total. The van der Waals surface area contributed by atoms with Gasteiger partial charge in [0.05, 0.1) is 29.5 Å². The lowest BCUT2D eigenvalue weighted by Crippen LogP contribution is -2.40. The molecule has 0 spiro atoms. The van der Waals surface area contributed by atoms with Crippen LogP contribution in [-0.4, -0.2) is 60.9 Å². The summed E-state index contributed by atoms with van der Waals surface area (Å²) in [6.45, 7) is 1.31. The highest BCUT2D eigenvalue weighted by Gasteiger charge is 2.26. The molecule has 0 bridgehead atoms. The normalized spacial score (nSPS) is 14.7. The Balaban J connectivity index is 1.33. The molecule has 3 aromatic rings. The van der Waals surface area contributed by atoms with Gasteiger partial charge in [-0.15, -0.1) is 10.2 Å². The molecule has 0 atom stereocenters. The van der Waals surface area contributed by atoms with Gasteiger partial charge in [-0.05, 0) is 30.3 Å². The lowest BCUT2D eigenvalue weighted by Gasteiger charge is -2.26. The highest BCUT2D eigenvalue weighted by molar-refractivity contribution is 8.01. The number of anilines is 3. The molecule has 1 amide bonds. The zero-order chi connectivity index (χ0) is 23.3. The van der Waals surface area contributed by atoms with E-state index in [0.29, 0.717) is 41.5 Å². The number of para-hydroxylation sites is 1. The number of nitrogens with zero attached hydrogens (tertiary/aromatic N) is 3. The summed E-state index contributed by atoms with van der Waals surface area (Å²) in [5.41, 5.74) is 0.670. The van der Waals surface area contributed by atoms with Crippen LogP contribution in [0.2, 0.25) is 0 Å². The average Bonchev–Trinajstić information content (AvgIpc) is 3.27. The number of hydrogen-bond acceptors (Lipinski definition) is 9. The van der Waals surface area contributed by atoms with Crippen molar-refractivity contribution < 1.29 is 22.3 Å². The van der Waals surface area contributed by atoms with Crippen LogP contribution in [-0.2, 0) is 19.6 Å². The highest BCUT2D eigenvalue weighted by Crippen LogP contribution is 2.28. The summed E-state index contributed by atoms with van der Waals surface area (Å²) in [6.07, 6.45) is 0. The molecule has 0 unspecified atom stereocenters. The molecule has 0 radical (unpaired) electrons. The number of halogens is 1. The van der Waals surface area contributed by atoms with E-state index in [2.05, 4.69) is 20.8 Å². The summed E-state index contributed by atoms with van der Waals surface area (Å²) >= 11 is 2.37. The number of thioether (sulfide) groups is 1. The molecule has 33 heavy (non-hydrogen) atoms. The Morgan fingerprint density at radius 3 is 2.73 bits per heavy atom. The standard InChI is InChI=1S/C20H20FN5O4S3/c21-16-6-1-2-7-17(16)23-19-24-25-20(32-19)31-13-18(27)22-14-4-3-5-15(12-14)33(28,29)26-8-10-30-11-9-26/h1-7,12H,8-11,13H2,(H,22,27)(H,23,24). The van der Waals surface area contributed by atoms with Crippen LogP contribution in [0.3, 0.4) is 0 Å². The van der Waals surface area contributed by atoms with Crippen LogP contribution in [0.25, 0.3) is 0 Å². The Morgan fingerprint density at radius 2 is 1.94 bits per heavy atom. The van der Waals surface area contributed by atoms with Crippen molar-refractivity contribution in [1.29, 1.82) is 0 Å². The number of ether oxygens (including phenoxy) is 1. The maximum absolute atomic E-state index is 13.7. The molecule has 1 aliphatic heterocycles. The first-order valence-corrected chi connectivity index (χ1v) is 13.1. The van der Waals surface area contributed by atoms with Gasteiger partial charge in [0, 0.05) is 18.8 Å². The van der Waals surface area contributed by atoms with Gasteiger partial charge in [0.25, 0.3) is 0 Å². The first-order chi connectivity index (χ1) is 15.9. The average molecular weight is 510 g/mol. The number of hydrogen-bond donors (Lipinski definition) is 2. The van der Waals surface area contributed by atoms with Crippen LogP contribution in [0.15, 0.2) is 57.8 Å². The zero-order valence-corrected chi connectivity index (χ0v) is 19.7. The fourth-order valence-electron chi connectivity index (χ4n) is 2.99. The van der Waals surface area contributed by atoms with Crippen molar-refractivity contribution in [2.75, 3.05) is 42.7 Å². The van der Waals surface area contributed by atoms with Crippen LogP contribution in [0.4, 0.5) is 20.9 Å². The highest BCUT2D eigenvalue weighted by atomic mass is 32.2. The number of benzene rings is 2. The number of carbonyl (C=O) groups excluding carboxylic acids is 1. The van der Waals surface area contributed by atoms with Crippen LogP contribution in [0.5, 0.6) is 0 Å². The third-order valence-electron chi connectivity index (χ3n) is 4.57. The number of sulfonamides is 1. The smallest absolute Gasteiger partial charge is 0.243 e. The largest absolute Gasteiger partial charge is 0.379 e. The topological polar surface area (TPSA) is 114 Å². The third-order valence-corrected chi connectivity index (χ3v) is 8.44. The number of aromatic nitrogens is 2. The first-order valence-electron chi connectivity index (χ1n) is 9.87. The molecule has 4 rings (SSSR count). The van der Waals surface area contributed by atoms with E-state index < -0.39 is 15.8 Å². The predicted molar refractivity (Wildman–Crippen MR) is 125 cm³/mol. The lowest BCUT2D eigenvalue weighted by atomic mass is 10.3. The fraction of sp³-hybridized carbons (Fsp3) is 0.250. The van der Waals surface area contributed by atoms with Crippen molar-refractivity contribution in [2.45, 2.75) is 9.24 Å². The zero-order valence-electron chi connectivity index (χ0n) is 17.2. The van der Waals surface area contributed by atoms with E-state index in [1.54, 1.807) is 30.3 Å². The Hall–Kier alpha value is -2.58. The quantitative estimate of drug-likeness (QED) is 0.445. The van der Waals surface area contributed by atoms with Crippen molar-refractivity contribution in [3.63, 3.8) is 0 Å². The minimum atomic E-state index is -3.66. The van der Waals surface area contributed by atoms with E-state index in [9.17, 15) is 17.6 Å². The molecule has 1 aromatic heterocycles. The van der Waals surface area contributed by atoms with Gasteiger partial charge in [-0.2, -0.15) is 4.31 Å². The van der Waals surface area contributed by atoms with Crippen molar-refractivity contribution >= 4 is 55.5 Å². The van der Waals surface area contributed by atoms with E-state index in [1.165, 1.54) is 45.6 Å². The van der Waals surface area contributed by atoms with Crippen LogP contribution in [0, 0.1) is 5.82 Å². The predicted octanol–water partition coefficient (Wildman–Crippen LogP) is 3.17. The molecule has 2 N–H and O–H groups in total. The van der Waals surface area contributed by atoms with Crippen LogP contribution >= 0.6 is 23.1 Å². The Labute approximate surface area is 198 Å². The van der Waals surface area contributed by atoms with Crippen molar-refractivity contribution in [2.24, 2.45) is 0 Å². The third kappa shape index (κ3) is 6.06. The van der Waals surface area contributed by atoms with Gasteiger partial charge in [0.2, 0.25) is 21.1 Å². The van der Waals surface area contributed by atoms with E-state index in [1.807, 2.05) is 0 Å². The summed E-state index contributed by atoms with van der Waals surface area (Å²) in [7, 11) is -3.66. The molecule has 2 heterocycles. The lowest BCUT2D eigenvalue weighted by molar-refractivity contribution is -0.113. The van der Waals surface area contributed by atoms with E-state index in [-0.39, 0.29) is 22.2 Å². The second-order valence-corrected chi connectivity index (χ2v) is 11.0. The number of amides is 1. The molecule has 0 saturated carbocycles. The first kappa shape index (κ1) is 23.6. The van der Waals surface area contributed by atoms with Gasteiger partial charge in [-0.1, -0.05) is 41.3 Å². The molecule has 1 fully saturated rings. The molecule has 2 aromatic carbocycles. The van der Waals surface area contributed by atoms with Crippen LogP contribution in [0.1, 0.15) is 0 Å². The maximum Gasteiger partial charge on any atom is 0.243 e. The molecular formula is C20H20FN5O4S3. The molecule has 1 saturated heterocycles. The van der Waals surface area contributed by atoms with E-state index in [4.69, 9.17) is 4.74 Å². The van der Waals surface area contributed by atoms with Gasteiger partial charge in [-0.3, -0.25) is 4.79 Å². The van der Waals surface area contributed by atoms with Gasteiger partial charge in [-0.25, -0.2) is 12.8 Å². The SMILES string of the molecule is O=C(CSc1nnc(Nc2ccccc2F)s1)Nc1cccc(S(=O)(=O)N2CCOCC2)c1. The summed E-state index contributed by atoms with van der Waals surface area (Å²) in [6, 6.07) is 12.4. The van der Waals surface area contributed by atoms with Crippen LogP contribution < -0.4 is 10.6 Å². The summed E-state index contributed by atoms with van der Waals surface area (Å²) < 4.78 is 46.5. The minimum absolute atomic E-state index is 0.0504. The summed E-state index contributed by atoms with van der Waals surface area (Å²) in [4.78, 5) is 12.5. The molecular weight excluding hydrogens is 489 g/mol. The van der Waals surface area contributed by atoms with Gasteiger partial charge < -0.3 is 15.4 Å². The van der Waals surface area contributed by atoms with Crippen molar-refractivity contribution in [3.05, 3.63) is 54.3 Å². The Morgan fingerprint density at radius 1 is 1.15 bits per heavy atom. The second kappa shape index (κ2) is 10.6. The second-order valence-electron chi connectivity index (χ2n) is 6.86. The van der Waals surface area contributed by atoms with Crippen molar-refractivity contribution in [1.82, 2.24) is 14.5 Å². The van der Waals surface area contributed by atoms with Gasteiger partial charge in [0.1, 0.15) is 5.82 Å². The number of morpholine rings is 1. The Bertz CT molecular complexity index is 1230. The number of nitrogens with one attached hydrogen (secondary N) is 2. The Kier molecular flexibility index (Phi) is 7.55. The maximum atomic E-state index is 13.7. The fourth-order valence-corrected chi connectivity index (χ4v) is 6.01. The summed E-state index contributed by atoms with van der Waals surface area (Å²) in [5, 5.41) is 13.9.